The van der Waals surface area contributed by atoms with E-state index in [0.29, 0.717) is 5.56 Å². The van der Waals surface area contributed by atoms with Crippen LogP contribution in [-0.2, 0) is 0 Å². The second-order valence-electron chi connectivity index (χ2n) is 5.13. The first-order valence-electron chi connectivity index (χ1n) is 7.15. The predicted octanol–water partition coefficient (Wildman–Crippen LogP) is 4.84. The van der Waals surface area contributed by atoms with Crippen LogP contribution in [0.1, 0.15) is 0 Å². The summed E-state index contributed by atoms with van der Waals surface area (Å²) < 4.78 is 0. The normalized spacial score (nSPS) is 10.3. The number of hydrogen-bond acceptors (Lipinski definition) is 4. The Bertz CT molecular complexity index is 923. The van der Waals surface area contributed by atoms with Gasteiger partial charge in [0.15, 0.2) is 0 Å². The Morgan fingerprint density at radius 1 is 0.583 bits per heavy atom. The highest BCUT2D eigenvalue weighted by molar-refractivity contribution is 5.83. The largest absolute Gasteiger partial charge is 0.278 e. The van der Waals surface area contributed by atoms with Crippen molar-refractivity contribution in [3.63, 3.8) is 0 Å². The lowest BCUT2D eigenvalue weighted by atomic mass is 9.97. The van der Waals surface area contributed by atoms with Gasteiger partial charge in [-0.05, 0) is 23.3 Å². The molecule has 0 unspecified atom stereocenters. The van der Waals surface area contributed by atoms with Crippen LogP contribution < -0.4 is 0 Å². The SMILES string of the molecule is O=[N+]([O-])c1ccccc1-c1ccc(-c2ccccc2)cc1[N+](=O)[O-]. The monoisotopic (exact) mass is 320 g/mol. The van der Waals surface area contributed by atoms with Crippen molar-refractivity contribution in [3.05, 3.63) is 93.0 Å². The molecule has 0 aromatic heterocycles. The van der Waals surface area contributed by atoms with Crippen LogP contribution in [0.3, 0.4) is 0 Å². The lowest BCUT2D eigenvalue weighted by Crippen LogP contribution is -1.96. The highest BCUT2D eigenvalue weighted by Gasteiger charge is 2.23. The number of nitrogens with zero attached hydrogens (tertiary/aromatic N) is 2. The van der Waals surface area contributed by atoms with E-state index in [0.717, 1.165) is 5.56 Å². The maximum atomic E-state index is 11.5. The third kappa shape index (κ3) is 2.85. The summed E-state index contributed by atoms with van der Waals surface area (Å²) in [7, 11) is 0. The molecule has 0 aliphatic heterocycles. The van der Waals surface area contributed by atoms with E-state index in [1.807, 2.05) is 30.3 Å². The Morgan fingerprint density at radius 2 is 1.17 bits per heavy atom. The van der Waals surface area contributed by atoms with Crippen LogP contribution in [0.15, 0.2) is 72.8 Å². The van der Waals surface area contributed by atoms with E-state index in [1.165, 1.54) is 24.3 Å². The summed E-state index contributed by atoms with van der Waals surface area (Å²) in [5.74, 6) is 0. The second-order valence-corrected chi connectivity index (χ2v) is 5.13. The molecule has 0 bridgehead atoms. The maximum absolute atomic E-state index is 11.5. The smallest absolute Gasteiger partial charge is 0.258 e. The Morgan fingerprint density at radius 3 is 1.83 bits per heavy atom. The van der Waals surface area contributed by atoms with Crippen LogP contribution in [0.2, 0.25) is 0 Å². The van der Waals surface area contributed by atoms with Gasteiger partial charge in [0.25, 0.3) is 11.4 Å². The molecule has 0 aliphatic carbocycles. The van der Waals surface area contributed by atoms with Crippen molar-refractivity contribution in [2.75, 3.05) is 0 Å². The summed E-state index contributed by atoms with van der Waals surface area (Å²) >= 11 is 0. The van der Waals surface area contributed by atoms with E-state index in [-0.39, 0.29) is 22.5 Å². The standard InChI is InChI=1S/C18H12N2O4/c21-19(22)17-9-5-4-8-15(17)16-11-10-14(12-18(16)20(23)24)13-6-2-1-3-7-13/h1-12H. The van der Waals surface area contributed by atoms with Crippen LogP contribution in [0.25, 0.3) is 22.3 Å². The van der Waals surface area contributed by atoms with Gasteiger partial charge in [-0.25, -0.2) is 0 Å². The highest BCUT2D eigenvalue weighted by atomic mass is 16.6. The van der Waals surface area contributed by atoms with Crippen molar-refractivity contribution in [3.8, 4) is 22.3 Å². The quantitative estimate of drug-likeness (QED) is 0.508. The summed E-state index contributed by atoms with van der Waals surface area (Å²) in [6.07, 6.45) is 0. The average Bonchev–Trinajstić information content (AvgIpc) is 2.62. The first-order valence-corrected chi connectivity index (χ1v) is 7.15. The Kier molecular flexibility index (Phi) is 4.03. The molecule has 0 N–H and O–H groups in total. The number of para-hydroxylation sites is 1. The average molecular weight is 320 g/mol. The lowest BCUT2D eigenvalue weighted by Gasteiger charge is -2.07. The van der Waals surface area contributed by atoms with Gasteiger partial charge in [-0.2, -0.15) is 0 Å². The molecule has 3 aromatic rings. The maximum Gasteiger partial charge on any atom is 0.278 e. The molecule has 0 heterocycles. The summed E-state index contributed by atoms with van der Waals surface area (Å²) in [6.45, 7) is 0. The molecular weight excluding hydrogens is 308 g/mol. The van der Waals surface area contributed by atoms with Gasteiger partial charge < -0.3 is 0 Å². The van der Waals surface area contributed by atoms with Crippen LogP contribution in [0.5, 0.6) is 0 Å². The van der Waals surface area contributed by atoms with Crippen molar-refractivity contribution in [2.45, 2.75) is 0 Å². The second kappa shape index (κ2) is 6.29. The minimum atomic E-state index is -0.538. The zero-order chi connectivity index (χ0) is 17.1. The fourth-order valence-electron chi connectivity index (χ4n) is 2.58. The number of rotatable bonds is 4. The van der Waals surface area contributed by atoms with Crippen molar-refractivity contribution in [2.24, 2.45) is 0 Å². The fourth-order valence-corrected chi connectivity index (χ4v) is 2.58. The zero-order valence-electron chi connectivity index (χ0n) is 12.5. The summed E-state index contributed by atoms with van der Waals surface area (Å²) in [5, 5.41) is 22.7. The molecule has 0 saturated heterocycles. The van der Waals surface area contributed by atoms with E-state index in [1.54, 1.807) is 18.2 Å². The number of nitro benzene ring substituents is 2. The van der Waals surface area contributed by atoms with Crippen LogP contribution in [0, 0.1) is 20.2 Å². The molecule has 24 heavy (non-hydrogen) atoms. The van der Waals surface area contributed by atoms with Crippen LogP contribution >= 0.6 is 0 Å². The minimum absolute atomic E-state index is 0.159. The van der Waals surface area contributed by atoms with Crippen molar-refractivity contribution in [1.29, 1.82) is 0 Å². The number of benzene rings is 3. The van der Waals surface area contributed by atoms with E-state index in [4.69, 9.17) is 0 Å². The van der Waals surface area contributed by atoms with Gasteiger partial charge in [0.05, 0.1) is 21.0 Å². The predicted molar refractivity (Wildman–Crippen MR) is 90.6 cm³/mol. The van der Waals surface area contributed by atoms with Gasteiger partial charge in [0.1, 0.15) is 0 Å². The third-order valence-corrected chi connectivity index (χ3v) is 3.69. The first kappa shape index (κ1) is 15.4. The van der Waals surface area contributed by atoms with Crippen molar-refractivity contribution >= 4 is 11.4 Å². The molecule has 118 valence electrons. The molecule has 0 fully saturated rings. The first-order chi connectivity index (χ1) is 11.6. The molecule has 3 aromatic carbocycles. The number of hydrogen-bond donors (Lipinski definition) is 0. The van der Waals surface area contributed by atoms with E-state index < -0.39 is 9.85 Å². The molecule has 0 radical (unpaired) electrons. The number of nitro groups is 2. The highest BCUT2D eigenvalue weighted by Crippen LogP contribution is 2.38. The topological polar surface area (TPSA) is 86.3 Å². The molecule has 0 saturated carbocycles. The Balaban J connectivity index is 2.20. The van der Waals surface area contributed by atoms with Crippen LogP contribution in [0.4, 0.5) is 11.4 Å². The van der Waals surface area contributed by atoms with Gasteiger partial charge >= 0.3 is 0 Å². The molecule has 3 rings (SSSR count). The molecule has 6 heteroatoms. The van der Waals surface area contributed by atoms with Crippen molar-refractivity contribution in [1.82, 2.24) is 0 Å². The zero-order valence-corrected chi connectivity index (χ0v) is 12.5. The third-order valence-electron chi connectivity index (χ3n) is 3.69. The summed E-state index contributed by atoms with van der Waals surface area (Å²) in [5.41, 5.74) is 1.67. The Hall–Kier alpha value is -3.54. The molecule has 0 amide bonds. The van der Waals surface area contributed by atoms with Gasteiger partial charge in [-0.15, -0.1) is 0 Å². The molecule has 0 spiro atoms. The molecule has 0 aliphatic rings. The Labute approximate surface area is 137 Å². The summed E-state index contributed by atoms with van der Waals surface area (Å²) in [4.78, 5) is 21.6. The van der Waals surface area contributed by atoms with Gasteiger partial charge in [-0.3, -0.25) is 20.2 Å². The molecule has 0 atom stereocenters. The van der Waals surface area contributed by atoms with Gasteiger partial charge in [0, 0.05) is 12.1 Å². The minimum Gasteiger partial charge on any atom is -0.258 e. The van der Waals surface area contributed by atoms with Crippen LogP contribution in [-0.4, -0.2) is 9.85 Å². The van der Waals surface area contributed by atoms with E-state index >= 15 is 0 Å². The molecular formula is C18H12N2O4. The van der Waals surface area contributed by atoms with E-state index in [2.05, 4.69) is 0 Å². The fraction of sp³-hybridized carbons (Fsp3) is 0. The van der Waals surface area contributed by atoms with E-state index in [9.17, 15) is 20.2 Å². The lowest BCUT2D eigenvalue weighted by molar-refractivity contribution is -0.386. The van der Waals surface area contributed by atoms with Crippen molar-refractivity contribution < 1.29 is 9.85 Å². The van der Waals surface area contributed by atoms with Gasteiger partial charge in [0.2, 0.25) is 0 Å². The van der Waals surface area contributed by atoms with Gasteiger partial charge in [-0.1, -0.05) is 48.5 Å². The molecule has 6 nitrogen and oxygen atoms in total. The summed E-state index contributed by atoms with van der Waals surface area (Å²) in [6, 6.07) is 20.0.